The van der Waals surface area contributed by atoms with Gasteiger partial charge in [-0.05, 0) is 49.4 Å². The second-order valence-corrected chi connectivity index (χ2v) is 5.92. The van der Waals surface area contributed by atoms with E-state index in [2.05, 4.69) is 29.6 Å². The molecule has 21 heavy (non-hydrogen) atoms. The Morgan fingerprint density at radius 1 is 1.29 bits per heavy atom. The van der Waals surface area contributed by atoms with Crippen molar-refractivity contribution in [1.29, 1.82) is 0 Å². The van der Waals surface area contributed by atoms with Crippen molar-refractivity contribution in [2.45, 2.75) is 32.1 Å². The minimum absolute atomic E-state index is 0.0219. The van der Waals surface area contributed by atoms with Crippen molar-refractivity contribution in [3.8, 4) is 0 Å². The van der Waals surface area contributed by atoms with Gasteiger partial charge in [-0.25, -0.2) is 0 Å². The SMILES string of the molecule is Cc1ccc(C(=O)NC[C@@H]2CCCc3ccccc32)n1C. The van der Waals surface area contributed by atoms with Gasteiger partial charge in [0.15, 0.2) is 0 Å². The standard InChI is InChI=1S/C18H22N2O/c1-13-10-11-17(20(13)2)18(21)19-12-15-8-5-7-14-6-3-4-9-16(14)15/h3-4,6,9-11,15H,5,7-8,12H2,1-2H3,(H,19,21)/t15-/m0/s1. The summed E-state index contributed by atoms with van der Waals surface area (Å²) in [6.45, 7) is 2.73. The molecule has 0 unspecified atom stereocenters. The van der Waals surface area contributed by atoms with E-state index >= 15 is 0 Å². The average molecular weight is 282 g/mol. The molecule has 1 amide bonds. The molecule has 1 atom stereocenters. The number of amides is 1. The molecule has 1 N–H and O–H groups in total. The maximum absolute atomic E-state index is 12.3. The molecule has 0 spiro atoms. The molecule has 3 heteroatoms. The van der Waals surface area contributed by atoms with Crippen LogP contribution < -0.4 is 5.32 Å². The van der Waals surface area contributed by atoms with Crippen LogP contribution in [0.5, 0.6) is 0 Å². The van der Waals surface area contributed by atoms with Crippen LogP contribution in [0.1, 0.15) is 46.1 Å². The predicted molar refractivity (Wildman–Crippen MR) is 84.6 cm³/mol. The molecule has 0 radical (unpaired) electrons. The first-order valence-electron chi connectivity index (χ1n) is 7.65. The first-order chi connectivity index (χ1) is 10.2. The Morgan fingerprint density at radius 3 is 2.86 bits per heavy atom. The van der Waals surface area contributed by atoms with Crippen LogP contribution in [-0.2, 0) is 13.5 Å². The monoisotopic (exact) mass is 282 g/mol. The lowest BCUT2D eigenvalue weighted by molar-refractivity contribution is 0.0942. The Morgan fingerprint density at radius 2 is 2.10 bits per heavy atom. The summed E-state index contributed by atoms with van der Waals surface area (Å²) in [5, 5.41) is 3.10. The molecule has 3 rings (SSSR count). The van der Waals surface area contributed by atoms with Crippen LogP contribution in [0, 0.1) is 6.92 Å². The highest BCUT2D eigenvalue weighted by Crippen LogP contribution is 2.30. The van der Waals surface area contributed by atoms with E-state index < -0.39 is 0 Å². The van der Waals surface area contributed by atoms with Crippen LogP contribution >= 0.6 is 0 Å². The van der Waals surface area contributed by atoms with E-state index in [4.69, 9.17) is 0 Å². The zero-order valence-electron chi connectivity index (χ0n) is 12.7. The van der Waals surface area contributed by atoms with Crippen molar-refractivity contribution in [1.82, 2.24) is 9.88 Å². The normalized spacial score (nSPS) is 17.3. The van der Waals surface area contributed by atoms with Gasteiger partial charge in [0, 0.05) is 25.2 Å². The summed E-state index contributed by atoms with van der Waals surface area (Å²) in [5.41, 5.74) is 4.68. The molecular formula is C18H22N2O. The van der Waals surface area contributed by atoms with E-state index in [1.54, 1.807) is 0 Å². The summed E-state index contributed by atoms with van der Waals surface area (Å²) in [4.78, 5) is 12.3. The smallest absolute Gasteiger partial charge is 0.267 e. The van der Waals surface area contributed by atoms with Crippen molar-refractivity contribution in [2.24, 2.45) is 7.05 Å². The topological polar surface area (TPSA) is 34.0 Å². The Kier molecular flexibility index (Phi) is 3.82. The number of carbonyl (C=O) groups excluding carboxylic acids is 1. The average Bonchev–Trinajstić information content (AvgIpc) is 2.84. The van der Waals surface area contributed by atoms with Crippen LogP contribution in [-0.4, -0.2) is 17.0 Å². The summed E-state index contributed by atoms with van der Waals surface area (Å²) >= 11 is 0. The lowest BCUT2D eigenvalue weighted by atomic mass is 9.83. The number of carbonyl (C=O) groups is 1. The van der Waals surface area contributed by atoms with Gasteiger partial charge in [-0.2, -0.15) is 0 Å². The van der Waals surface area contributed by atoms with E-state index in [1.165, 1.54) is 17.5 Å². The molecule has 0 fully saturated rings. The third-order valence-corrected chi connectivity index (χ3v) is 4.61. The summed E-state index contributed by atoms with van der Waals surface area (Å²) < 4.78 is 1.93. The molecule has 0 aliphatic heterocycles. The van der Waals surface area contributed by atoms with Gasteiger partial charge in [0.1, 0.15) is 5.69 Å². The van der Waals surface area contributed by atoms with Gasteiger partial charge in [0.25, 0.3) is 5.91 Å². The zero-order valence-corrected chi connectivity index (χ0v) is 12.7. The molecular weight excluding hydrogens is 260 g/mol. The molecule has 3 nitrogen and oxygen atoms in total. The van der Waals surface area contributed by atoms with Gasteiger partial charge in [0.05, 0.1) is 0 Å². The fraction of sp³-hybridized carbons (Fsp3) is 0.389. The van der Waals surface area contributed by atoms with E-state index in [1.807, 2.05) is 30.7 Å². The number of fused-ring (bicyclic) bond motifs is 1. The summed E-state index contributed by atoms with van der Waals surface area (Å²) in [6.07, 6.45) is 3.53. The lowest BCUT2D eigenvalue weighted by Gasteiger charge is -2.25. The minimum Gasteiger partial charge on any atom is -0.350 e. The third kappa shape index (κ3) is 2.73. The Labute approximate surface area is 126 Å². The first kappa shape index (κ1) is 13.9. The fourth-order valence-electron chi connectivity index (χ4n) is 3.21. The minimum atomic E-state index is 0.0219. The number of rotatable bonds is 3. The number of aryl methyl sites for hydroxylation is 2. The van der Waals surface area contributed by atoms with Gasteiger partial charge < -0.3 is 9.88 Å². The van der Waals surface area contributed by atoms with E-state index in [0.717, 1.165) is 30.8 Å². The van der Waals surface area contributed by atoms with E-state index in [-0.39, 0.29) is 5.91 Å². The molecule has 1 aliphatic carbocycles. The van der Waals surface area contributed by atoms with Gasteiger partial charge in [0.2, 0.25) is 0 Å². The molecule has 110 valence electrons. The number of hydrogen-bond donors (Lipinski definition) is 1. The second kappa shape index (κ2) is 5.76. The number of hydrogen-bond acceptors (Lipinski definition) is 1. The van der Waals surface area contributed by atoms with Crippen LogP contribution in [0.2, 0.25) is 0 Å². The van der Waals surface area contributed by atoms with Gasteiger partial charge in [-0.1, -0.05) is 24.3 Å². The third-order valence-electron chi connectivity index (χ3n) is 4.61. The molecule has 2 aromatic rings. The van der Waals surface area contributed by atoms with Gasteiger partial charge >= 0.3 is 0 Å². The maximum atomic E-state index is 12.3. The van der Waals surface area contributed by atoms with Crippen LogP contribution in [0.4, 0.5) is 0 Å². The lowest BCUT2D eigenvalue weighted by Crippen LogP contribution is -2.31. The predicted octanol–water partition coefficient (Wildman–Crippen LogP) is 3.18. The van der Waals surface area contributed by atoms with Crippen LogP contribution in [0.25, 0.3) is 0 Å². The number of aromatic nitrogens is 1. The van der Waals surface area contributed by atoms with E-state index in [9.17, 15) is 4.79 Å². The summed E-state index contributed by atoms with van der Waals surface area (Å²) in [7, 11) is 1.93. The largest absolute Gasteiger partial charge is 0.350 e. The van der Waals surface area contributed by atoms with Crippen molar-refractivity contribution in [3.05, 3.63) is 58.9 Å². The quantitative estimate of drug-likeness (QED) is 0.921. The highest BCUT2D eigenvalue weighted by Gasteiger charge is 2.21. The van der Waals surface area contributed by atoms with Crippen molar-refractivity contribution < 1.29 is 4.79 Å². The van der Waals surface area contributed by atoms with Crippen LogP contribution in [0.3, 0.4) is 0 Å². The number of benzene rings is 1. The van der Waals surface area contributed by atoms with Crippen molar-refractivity contribution >= 4 is 5.91 Å². The van der Waals surface area contributed by atoms with Crippen molar-refractivity contribution in [2.75, 3.05) is 6.54 Å². The first-order valence-corrected chi connectivity index (χ1v) is 7.65. The van der Waals surface area contributed by atoms with Crippen molar-refractivity contribution in [3.63, 3.8) is 0 Å². The summed E-state index contributed by atoms with van der Waals surface area (Å²) in [6, 6.07) is 12.5. The molecule has 1 aromatic heterocycles. The molecule has 0 bridgehead atoms. The molecule has 0 saturated heterocycles. The Balaban J connectivity index is 1.69. The number of nitrogens with zero attached hydrogens (tertiary/aromatic N) is 1. The highest BCUT2D eigenvalue weighted by atomic mass is 16.1. The maximum Gasteiger partial charge on any atom is 0.267 e. The summed E-state index contributed by atoms with van der Waals surface area (Å²) in [5.74, 6) is 0.467. The Bertz CT molecular complexity index is 657. The molecule has 1 aromatic carbocycles. The van der Waals surface area contributed by atoms with E-state index in [0.29, 0.717) is 5.92 Å². The number of nitrogens with one attached hydrogen (secondary N) is 1. The molecule has 0 saturated carbocycles. The Hall–Kier alpha value is -2.03. The molecule has 1 heterocycles. The molecule has 1 aliphatic rings. The fourth-order valence-corrected chi connectivity index (χ4v) is 3.21. The second-order valence-electron chi connectivity index (χ2n) is 5.92. The van der Waals surface area contributed by atoms with Gasteiger partial charge in [-0.3, -0.25) is 4.79 Å². The van der Waals surface area contributed by atoms with Gasteiger partial charge in [-0.15, -0.1) is 0 Å². The highest BCUT2D eigenvalue weighted by molar-refractivity contribution is 5.92. The van der Waals surface area contributed by atoms with Crippen LogP contribution in [0.15, 0.2) is 36.4 Å². The zero-order chi connectivity index (χ0) is 14.8.